The van der Waals surface area contributed by atoms with Crippen LogP contribution in [0.5, 0.6) is 5.75 Å². The fraction of sp³-hybridized carbons (Fsp3) is 0.562. The van der Waals surface area contributed by atoms with E-state index in [1.54, 1.807) is 31.4 Å². The maximum absolute atomic E-state index is 12.1. The van der Waals surface area contributed by atoms with Crippen LogP contribution in [-0.4, -0.2) is 24.2 Å². The normalized spacial score (nSPS) is 23.9. The number of aliphatic hydroxyl groups excluding tert-OH is 1. The topological polar surface area (TPSA) is 58.6 Å². The van der Waals surface area contributed by atoms with E-state index < -0.39 is 6.10 Å². The molecule has 0 heterocycles. The first-order valence-corrected chi connectivity index (χ1v) is 7.22. The molecule has 0 aromatic heterocycles. The number of rotatable bonds is 4. The van der Waals surface area contributed by atoms with Gasteiger partial charge in [0.25, 0.3) is 5.91 Å². The summed E-state index contributed by atoms with van der Waals surface area (Å²) >= 11 is 0. The zero-order valence-electron chi connectivity index (χ0n) is 12.1. The van der Waals surface area contributed by atoms with Gasteiger partial charge in [0.1, 0.15) is 5.75 Å². The number of ether oxygens (including phenoxy) is 1. The molecule has 1 aromatic carbocycles. The van der Waals surface area contributed by atoms with Gasteiger partial charge in [-0.2, -0.15) is 0 Å². The lowest BCUT2D eigenvalue weighted by Gasteiger charge is -2.27. The van der Waals surface area contributed by atoms with E-state index in [0.29, 0.717) is 11.3 Å². The van der Waals surface area contributed by atoms with Crippen molar-refractivity contribution in [1.82, 2.24) is 5.32 Å². The Bertz CT molecular complexity index is 453. The first kappa shape index (κ1) is 14.9. The van der Waals surface area contributed by atoms with Gasteiger partial charge in [0.05, 0.1) is 7.11 Å². The first-order valence-electron chi connectivity index (χ1n) is 7.22. The van der Waals surface area contributed by atoms with Crippen molar-refractivity contribution in [3.8, 4) is 5.75 Å². The third kappa shape index (κ3) is 3.73. The Morgan fingerprint density at radius 3 is 2.70 bits per heavy atom. The van der Waals surface area contributed by atoms with Gasteiger partial charge < -0.3 is 15.2 Å². The van der Waals surface area contributed by atoms with Crippen molar-refractivity contribution in [2.24, 2.45) is 5.92 Å². The van der Waals surface area contributed by atoms with Gasteiger partial charge in [0.15, 0.2) is 6.10 Å². The lowest BCUT2D eigenvalue weighted by Crippen LogP contribution is -2.40. The fourth-order valence-electron chi connectivity index (χ4n) is 2.65. The maximum atomic E-state index is 12.1. The van der Waals surface area contributed by atoms with E-state index in [9.17, 15) is 9.90 Å². The molecule has 1 aromatic rings. The molecular weight excluding hydrogens is 254 g/mol. The quantitative estimate of drug-likeness (QED) is 0.888. The van der Waals surface area contributed by atoms with Crippen molar-refractivity contribution in [2.45, 2.75) is 44.8 Å². The average molecular weight is 277 g/mol. The second-order valence-electron chi connectivity index (χ2n) is 5.64. The highest BCUT2D eigenvalue weighted by molar-refractivity contribution is 5.82. The molecule has 1 aliphatic carbocycles. The summed E-state index contributed by atoms with van der Waals surface area (Å²) in [5, 5.41) is 13.1. The smallest absolute Gasteiger partial charge is 0.253 e. The molecule has 20 heavy (non-hydrogen) atoms. The van der Waals surface area contributed by atoms with Crippen LogP contribution in [0.2, 0.25) is 0 Å². The second kappa shape index (κ2) is 6.75. The molecule has 0 saturated heterocycles. The lowest BCUT2D eigenvalue weighted by molar-refractivity contribution is -0.130. The summed E-state index contributed by atoms with van der Waals surface area (Å²) in [7, 11) is 1.56. The monoisotopic (exact) mass is 277 g/mol. The van der Waals surface area contributed by atoms with Crippen LogP contribution < -0.4 is 10.1 Å². The number of carbonyl (C=O) groups excluding carboxylic acids is 1. The summed E-state index contributed by atoms with van der Waals surface area (Å²) in [5.74, 6) is 1.06. The Morgan fingerprint density at radius 2 is 2.05 bits per heavy atom. The Labute approximate surface area is 120 Å². The van der Waals surface area contributed by atoms with Crippen LogP contribution in [0.25, 0.3) is 0 Å². The molecule has 1 saturated carbocycles. The van der Waals surface area contributed by atoms with Gasteiger partial charge >= 0.3 is 0 Å². The molecule has 1 aliphatic rings. The Hall–Kier alpha value is -1.55. The minimum Gasteiger partial charge on any atom is -0.497 e. The molecular formula is C16H23NO3. The molecule has 4 nitrogen and oxygen atoms in total. The SMILES string of the molecule is COc1cccc(C(O)C(=O)NC2CCC(C)CC2)c1. The average Bonchev–Trinajstić information content (AvgIpc) is 2.48. The Kier molecular flexibility index (Phi) is 5.01. The van der Waals surface area contributed by atoms with Gasteiger partial charge in [0, 0.05) is 6.04 Å². The molecule has 2 N–H and O–H groups in total. The molecule has 1 fully saturated rings. The fourth-order valence-corrected chi connectivity index (χ4v) is 2.65. The van der Waals surface area contributed by atoms with Gasteiger partial charge in [-0.05, 0) is 49.3 Å². The van der Waals surface area contributed by atoms with Gasteiger partial charge in [-0.1, -0.05) is 19.1 Å². The number of amides is 1. The zero-order valence-corrected chi connectivity index (χ0v) is 12.1. The summed E-state index contributed by atoms with van der Waals surface area (Å²) < 4.78 is 5.10. The second-order valence-corrected chi connectivity index (χ2v) is 5.64. The third-order valence-corrected chi connectivity index (χ3v) is 4.02. The predicted molar refractivity (Wildman–Crippen MR) is 77.5 cm³/mol. The zero-order chi connectivity index (χ0) is 14.5. The molecule has 1 amide bonds. The predicted octanol–water partition coefficient (Wildman–Crippen LogP) is 2.42. The minimum absolute atomic E-state index is 0.193. The summed E-state index contributed by atoms with van der Waals surface area (Å²) in [6.45, 7) is 2.24. The van der Waals surface area contributed by atoms with Crippen molar-refractivity contribution < 1.29 is 14.6 Å². The van der Waals surface area contributed by atoms with Crippen LogP contribution in [0.4, 0.5) is 0 Å². The number of nitrogens with one attached hydrogen (secondary N) is 1. The number of methoxy groups -OCH3 is 1. The van der Waals surface area contributed by atoms with E-state index in [-0.39, 0.29) is 11.9 Å². The molecule has 0 radical (unpaired) electrons. The van der Waals surface area contributed by atoms with E-state index in [4.69, 9.17) is 4.74 Å². The van der Waals surface area contributed by atoms with E-state index in [2.05, 4.69) is 12.2 Å². The van der Waals surface area contributed by atoms with Crippen molar-refractivity contribution in [1.29, 1.82) is 0 Å². The van der Waals surface area contributed by atoms with Gasteiger partial charge in [-0.25, -0.2) is 0 Å². The standard InChI is InChI=1S/C16H23NO3/c1-11-6-8-13(9-7-11)17-16(19)15(18)12-4-3-5-14(10-12)20-2/h3-5,10-11,13,15,18H,6-9H2,1-2H3,(H,17,19). The number of benzene rings is 1. The number of carbonyl (C=O) groups is 1. The van der Waals surface area contributed by atoms with Crippen LogP contribution in [0.1, 0.15) is 44.3 Å². The molecule has 1 unspecified atom stereocenters. The van der Waals surface area contributed by atoms with E-state index in [0.717, 1.165) is 31.6 Å². The summed E-state index contributed by atoms with van der Waals surface area (Å²) in [6, 6.07) is 7.17. The highest BCUT2D eigenvalue weighted by Crippen LogP contribution is 2.24. The van der Waals surface area contributed by atoms with Crippen LogP contribution in [-0.2, 0) is 4.79 Å². The summed E-state index contributed by atoms with van der Waals surface area (Å²) in [6.07, 6.45) is 3.14. The van der Waals surface area contributed by atoms with E-state index in [1.807, 2.05) is 0 Å². The highest BCUT2D eigenvalue weighted by atomic mass is 16.5. The van der Waals surface area contributed by atoms with Crippen LogP contribution in [0.3, 0.4) is 0 Å². The van der Waals surface area contributed by atoms with E-state index in [1.165, 1.54) is 0 Å². The molecule has 0 aliphatic heterocycles. The Balaban J connectivity index is 1.94. The summed E-state index contributed by atoms with van der Waals surface area (Å²) in [4.78, 5) is 12.1. The van der Waals surface area contributed by atoms with Crippen molar-refractivity contribution in [2.75, 3.05) is 7.11 Å². The van der Waals surface area contributed by atoms with Gasteiger partial charge in [-0.3, -0.25) is 4.79 Å². The number of hydrogen-bond donors (Lipinski definition) is 2. The maximum Gasteiger partial charge on any atom is 0.253 e. The number of aliphatic hydroxyl groups is 1. The minimum atomic E-state index is -1.13. The Morgan fingerprint density at radius 1 is 1.35 bits per heavy atom. The van der Waals surface area contributed by atoms with Gasteiger partial charge in [0.2, 0.25) is 0 Å². The molecule has 110 valence electrons. The molecule has 0 spiro atoms. The molecule has 2 rings (SSSR count). The third-order valence-electron chi connectivity index (χ3n) is 4.02. The van der Waals surface area contributed by atoms with Crippen molar-refractivity contribution in [3.63, 3.8) is 0 Å². The van der Waals surface area contributed by atoms with Crippen LogP contribution >= 0.6 is 0 Å². The number of hydrogen-bond acceptors (Lipinski definition) is 3. The lowest BCUT2D eigenvalue weighted by atomic mass is 9.87. The molecule has 1 atom stereocenters. The van der Waals surface area contributed by atoms with Crippen LogP contribution in [0.15, 0.2) is 24.3 Å². The van der Waals surface area contributed by atoms with E-state index >= 15 is 0 Å². The first-order chi connectivity index (χ1) is 9.60. The molecule has 0 bridgehead atoms. The van der Waals surface area contributed by atoms with Gasteiger partial charge in [-0.15, -0.1) is 0 Å². The van der Waals surface area contributed by atoms with Crippen molar-refractivity contribution >= 4 is 5.91 Å². The molecule has 4 heteroatoms. The van der Waals surface area contributed by atoms with Crippen LogP contribution in [0, 0.1) is 5.92 Å². The largest absolute Gasteiger partial charge is 0.497 e. The van der Waals surface area contributed by atoms with Crippen molar-refractivity contribution in [3.05, 3.63) is 29.8 Å². The highest BCUT2D eigenvalue weighted by Gasteiger charge is 2.24. The summed E-state index contributed by atoms with van der Waals surface area (Å²) in [5.41, 5.74) is 0.561.